The molecule has 0 radical (unpaired) electrons. The van der Waals surface area contributed by atoms with Crippen LogP contribution < -0.4 is 0 Å². The third-order valence-electron chi connectivity index (χ3n) is 0.825. The van der Waals surface area contributed by atoms with Crippen LogP contribution in [0.1, 0.15) is 19.8 Å². The number of halogens is 1. The van der Waals surface area contributed by atoms with Crippen LogP contribution in [-0.2, 0) is 3.83 Å². The van der Waals surface area contributed by atoms with E-state index in [1.807, 2.05) is 6.92 Å². The van der Waals surface area contributed by atoms with Crippen molar-refractivity contribution in [3.8, 4) is 0 Å². The summed E-state index contributed by atoms with van der Waals surface area (Å²) in [5, 5.41) is 0. The first-order valence-corrected chi connectivity index (χ1v) is 3.30. The summed E-state index contributed by atoms with van der Waals surface area (Å²) in [4.78, 5) is 0. The fourth-order valence-corrected chi connectivity index (χ4v) is 0.657. The molecular weight excluding hydrogens is 168 g/mol. The minimum Gasteiger partial charge on any atom is -0.308 e. The van der Waals surface area contributed by atoms with Crippen molar-refractivity contribution in [3.05, 3.63) is 12.2 Å². The Hall–Kier alpha value is 0.180. The van der Waals surface area contributed by atoms with Gasteiger partial charge in [0.1, 0.15) is 0 Å². The molecule has 8 heavy (non-hydrogen) atoms. The van der Waals surface area contributed by atoms with E-state index >= 15 is 0 Å². The van der Waals surface area contributed by atoms with Gasteiger partial charge >= 0.3 is 0 Å². The third kappa shape index (κ3) is 6.18. The maximum Gasteiger partial charge on any atom is 0.0987 e. The summed E-state index contributed by atoms with van der Waals surface area (Å²) in [6.45, 7) is 6.55. The lowest BCUT2D eigenvalue weighted by Gasteiger charge is -1.94. The molecule has 0 fully saturated rings. The largest absolute Gasteiger partial charge is 0.308 e. The number of rotatable bonds is 4. The molecule has 0 unspecified atom stereocenters. The van der Waals surface area contributed by atoms with Crippen LogP contribution in [0.15, 0.2) is 12.2 Å². The van der Waals surface area contributed by atoms with Gasteiger partial charge in [-0.2, -0.15) is 0 Å². The number of allylic oxidation sites excluding steroid dienone is 1. The van der Waals surface area contributed by atoms with Gasteiger partial charge in [-0.25, -0.2) is 0 Å². The second-order valence-electron chi connectivity index (χ2n) is 1.87. The summed E-state index contributed by atoms with van der Waals surface area (Å²) in [6.07, 6.45) is 2.12. The van der Waals surface area contributed by atoms with Crippen LogP contribution in [-0.4, -0.2) is 6.61 Å². The molecule has 0 aliphatic carbocycles. The van der Waals surface area contributed by atoms with E-state index in [4.69, 9.17) is 0 Å². The topological polar surface area (TPSA) is 9.23 Å². The zero-order valence-corrected chi connectivity index (χ0v) is 6.70. The molecule has 0 atom stereocenters. The lowest BCUT2D eigenvalue weighted by molar-refractivity contribution is 0.386. The fourth-order valence-electron chi connectivity index (χ4n) is 0.428. The van der Waals surface area contributed by atoms with Gasteiger partial charge in [-0.05, 0) is 19.8 Å². The predicted octanol–water partition coefficient (Wildman–Crippen LogP) is 2.67. The molecule has 1 nitrogen and oxygen atoms in total. The summed E-state index contributed by atoms with van der Waals surface area (Å²) in [7, 11) is 0. The molecule has 0 aliphatic heterocycles. The summed E-state index contributed by atoms with van der Waals surface area (Å²) < 4.78 is 4.66. The van der Waals surface area contributed by atoms with Crippen molar-refractivity contribution in [1.82, 2.24) is 0 Å². The Morgan fingerprint density at radius 1 is 1.75 bits per heavy atom. The molecule has 0 amide bonds. The first-order chi connectivity index (χ1) is 3.77. The van der Waals surface area contributed by atoms with Crippen molar-refractivity contribution in [2.24, 2.45) is 0 Å². The average molecular weight is 179 g/mol. The molecule has 0 N–H and O–H groups in total. The van der Waals surface area contributed by atoms with Crippen molar-refractivity contribution in [2.75, 3.05) is 6.61 Å². The fraction of sp³-hybridized carbons (Fsp3) is 0.667. The third-order valence-corrected chi connectivity index (χ3v) is 1.15. The molecule has 0 aliphatic rings. The summed E-state index contributed by atoms with van der Waals surface area (Å²) >= 11 is 2.87. The minimum absolute atomic E-state index is 0.771. The lowest BCUT2D eigenvalue weighted by Crippen LogP contribution is -1.83. The van der Waals surface area contributed by atoms with Gasteiger partial charge in [0.15, 0.2) is 0 Å². The van der Waals surface area contributed by atoms with E-state index in [1.54, 1.807) is 0 Å². The van der Waals surface area contributed by atoms with Crippen LogP contribution >= 0.6 is 16.3 Å². The van der Waals surface area contributed by atoms with Gasteiger partial charge in [-0.15, -0.1) is 6.58 Å². The molecule has 0 aromatic heterocycles. The Balaban J connectivity index is 2.82. The lowest BCUT2D eigenvalue weighted by atomic mass is 10.2. The van der Waals surface area contributed by atoms with Gasteiger partial charge < -0.3 is 3.83 Å². The van der Waals surface area contributed by atoms with E-state index in [9.17, 15) is 0 Å². The van der Waals surface area contributed by atoms with E-state index < -0.39 is 0 Å². The molecule has 0 aromatic rings. The molecule has 0 saturated carbocycles. The highest BCUT2D eigenvalue weighted by Crippen LogP contribution is 2.00. The van der Waals surface area contributed by atoms with Crippen LogP contribution in [0, 0.1) is 0 Å². The highest BCUT2D eigenvalue weighted by Gasteiger charge is 1.85. The van der Waals surface area contributed by atoms with Crippen molar-refractivity contribution in [2.45, 2.75) is 19.8 Å². The van der Waals surface area contributed by atoms with Crippen LogP contribution in [0.25, 0.3) is 0 Å². The first kappa shape index (κ1) is 8.18. The Morgan fingerprint density at radius 3 is 2.75 bits per heavy atom. The maximum absolute atomic E-state index is 4.66. The normalized spacial score (nSPS) is 9.25. The Kier molecular flexibility index (Phi) is 5.44. The first-order valence-electron chi connectivity index (χ1n) is 2.65. The van der Waals surface area contributed by atoms with Crippen LogP contribution in [0.4, 0.5) is 0 Å². The van der Waals surface area contributed by atoms with Gasteiger partial charge in [-0.1, -0.05) is 5.57 Å². The van der Waals surface area contributed by atoms with E-state index in [-0.39, 0.29) is 0 Å². The zero-order valence-electron chi connectivity index (χ0n) is 5.11. The number of hydrogen-bond acceptors (Lipinski definition) is 1. The Labute approximate surface area is 59.2 Å². The smallest absolute Gasteiger partial charge is 0.0987 e. The van der Waals surface area contributed by atoms with Crippen molar-refractivity contribution >= 4 is 16.3 Å². The zero-order chi connectivity index (χ0) is 6.41. The quantitative estimate of drug-likeness (QED) is 0.476. The molecule has 0 rings (SSSR count). The number of hydrogen-bond donors (Lipinski definition) is 0. The maximum atomic E-state index is 4.66. The van der Waals surface area contributed by atoms with E-state index in [0.29, 0.717) is 0 Å². The minimum atomic E-state index is 0.771. The molecule has 0 spiro atoms. The highest BCUT2D eigenvalue weighted by atomic mass is 79.9. The standard InChI is InChI=1S/C6H11BrO/c1-6(2)4-3-5-8-7/h1,3-5H2,2H3. The molecule has 2 heteroatoms. The Morgan fingerprint density at radius 2 is 2.38 bits per heavy atom. The van der Waals surface area contributed by atoms with Gasteiger partial charge in [0.05, 0.1) is 22.9 Å². The molecule has 0 heterocycles. The molecular formula is C6H11BrO. The molecule has 0 saturated heterocycles. The second kappa shape index (κ2) is 5.32. The van der Waals surface area contributed by atoms with E-state index in [0.717, 1.165) is 19.4 Å². The highest BCUT2D eigenvalue weighted by molar-refractivity contribution is 9.06. The van der Waals surface area contributed by atoms with Crippen LogP contribution in [0.5, 0.6) is 0 Å². The average Bonchev–Trinajstić information content (AvgIpc) is 1.66. The summed E-state index contributed by atoms with van der Waals surface area (Å²) in [5.41, 5.74) is 1.22. The predicted molar refractivity (Wildman–Crippen MR) is 38.9 cm³/mol. The van der Waals surface area contributed by atoms with Crippen molar-refractivity contribution in [1.29, 1.82) is 0 Å². The summed E-state index contributed by atoms with van der Waals surface area (Å²) in [6, 6.07) is 0. The van der Waals surface area contributed by atoms with E-state index in [1.165, 1.54) is 5.57 Å². The SMILES string of the molecule is C=C(C)CCCOBr. The monoisotopic (exact) mass is 178 g/mol. The van der Waals surface area contributed by atoms with Crippen LogP contribution in [0.3, 0.4) is 0 Å². The van der Waals surface area contributed by atoms with Crippen molar-refractivity contribution < 1.29 is 3.83 Å². The van der Waals surface area contributed by atoms with Gasteiger partial charge in [0.25, 0.3) is 0 Å². The van der Waals surface area contributed by atoms with Gasteiger partial charge in [0.2, 0.25) is 0 Å². The van der Waals surface area contributed by atoms with Gasteiger partial charge in [-0.3, -0.25) is 0 Å². The van der Waals surface area contributed by atoms with Crippen LogP contribution in [0.2, 0.25) is 0 Å². The summed E-state index contributed by atoms with van der Waals surface area (Å²) in [5.74, 6) is 0. The van der Waals surface area contributed by atoms with Crippen molar-refractivity contribution in [3.63, 3.8) is 0 Å². The second-order valence-corrected chi connectivity index (χ2v) is 2.33. The van der Waals surface area contributed by atoms with E-state index in [2.05, 4.69) is 26.7 Å². The Bertz CT molecular complexity index is 70.9. The van der Waals surface area contributed by atoms with Gasteiger partial charge in [0, 0.05) is 0 Å². The molecule has 0 aromatic carbocycles. The molecule has 0 bridgehead atoms. The molecule has 48 valence electrons.